The van der Waals surface area contributed by atoms with Crippen LogP contribution in [0.4, 0.5) is 0 Å². The zero-order chi connectivity index (χ0) is 8.97. The smallest absolute Gasteiger partial charge is 0.235 e. The molecule has 0 saturated heterocycles. The van der Waals surface area contributed by atoms with E-state index >= 15 is 0 Å². The standard InChI is InChI=1S/C7H7N3O2/c1-6-7(2-3-10(11)12)4-8-5-9-6/h2-5H,1H3/b3-2+. The second-order valence-electron chi connectivity index (χ2n) is 2.16. The summed E-state index contributed by atoms with van der Waals surface area (Å²) >= 11 is 0. The Morgan fingerprint density at radius 1 is 1.67 bits per heavy atom. The lowest BCUT2D eigenvalue weighted by Gasteiger charge is -1.93. The quantitative estimate of drug-likeness (QED) is 0.484. The van der Waals surface area contributed by atoms with Gasteiger partial charge in [-0.2, -0.15) is 0 Å². The van der Waals surface area contributed by atoms with Gasteiger partial charge in [-0.1, -0.05) is 0 Å². The lowest BCUT2D eigenvalue weighted by atomic mass is 10.2. The Labute approximate surface area is 68.9 Å². The molecule has 5 nitrogen and oxygen atoms in total. The number of nitro groups is 1. The predicted molar refractivity (Wildman–Crippen MR) is 42.8 cm³/mol. The lowest BCUT2D eigenvalue weighted by molar-refractivity contribution is -0.400. The summed E-state index contributed by atoms with van der Waals surface area (Å²) in [6.45, 7) is 1.77. The molecule has 62 valence electrons. The molecular formula is C7H7N3O2. The summed E-state index contributed by atoms with van der Waals surface area (Å²) in [5.74, 6) is 0. The van der Waals surface area contributed by atoms with Crippen LogP contribution in [-0.4, -0.2) is 14.9 Å². The molecule has 0 radical (unpaired) electrons. The zero-order valence-electron chi connectivity index (χ0n) is 6.47. The van der Waals surface area contributed by atoms with Gasteiger partial charge < -0.3 is 0 Å². The normalized spacial score (nSPS) is 10.4. The maximum atomic E-state index is 9.96. The van der Waals surface area contributed by atoms with Crippen molar-refractivity contribution in [3.63, 3.8) is 0 Å². The lowest BCUT2D eigenvalue weighted by Crippen LogP contribution is -1.88. The van der Waals surface area contributed by atoms with E-state index in [-0.39, 0.29) is 0 Å². The fourth-order valence-electron chi connectivity index (χ4n) is 0.706. The summed E-state index contributed by atoms with van der Waals surface area (Å²) in [6, 6.07) is 0. The maximum Gasteiger partial charge on any atom is 0.235 e. The summed E-state index contributed by atoms with van der Waals surface area (Å²) in [4.78, 5) is 17.1. The van der Waals surface area contributed by atoms with Gasteiger partial charge in [-0.15, -0.1) is 0 Å². The predicted octanol–water partition coefficient (Wildman–Crippen LogP) is 1.03. The van der Waals surface area contributed by atoms with E-state index in [1.54, 1.807) is 6.92 Å². The van der Waals surface area contributed by atoms with Gasteiger partial charge in [0.1, 0.15) is 6.33 Å². The minimum atomic E-state index is -0.521. The van der Waals surface area contributed by atoms with Crippen LogP contribution in [0.15, 0.2) is 18.7 Å². The second-order valence-corrected chi connectivity index (χ2v) is 2.16. The van der Waals surface area contributed by atoms with Crippen molar-refractivity contribution in [3.8, 4) is 0 Å². The summed E-state index contributed by atoms with van der Waals surface area (Å²) in [5, 5.41) is 9.96. The highest BCUT2D eigenvalue weighted by atomic mass is 16.6. The summed E-state index contributed by atoms with van der Waals surface area (Å²) in [6.07, 6.45) is 5.17. The molecule has 0 N–H and O–H groups in total. The van der Waals surface area contributed by atoms with E-state index in [1.165, 1.54) is 18.6 Å². The first-order valence-electron chi connectivity index (χ1n) is 3.28. The van der Waals surface area contributed by atoms with Crippen LogP contribution in [0.2, 0.25) is 0 Å². The number of aryl methyl sites for hydroxylation is 1. The minimum Gasteiger partial charge on any atom is -0.259 e. The first-order chi connectivity index (χ1) is 5.70. The van der Waals surface area contributed by atoms with Gasteiger partial charge in [0, 0.05) is 23.5 Å². The van der Waals surface area contributed by atoms with E-state index in [4.69, 9.17) is 0 Å². The Balaban J connectivity index is 2.89. The van der Waals surface area contributed by atoms with Crippen LogP contribution in [0.25, 0.3) is 6.08 Å². The molecule has 0 unspecified atom stereocenters. The van der Waals surface area contributed by atoms with Crippen molar-refractivity contribution in [2.24, 2.45) is 0 Å². The molecule has 1 aromatic heterocycles. The van der Waals surface area contributed by atoms with Crippen molar-refractivity contribution < 1.29 is 4.92 Å². The van der Waals surface area contributed by atoms with E-state index in [9.17, 15) is 10.1 Å². The Bertz CT molecular complexity index is 322. The van der Waals surface area contributed by atoms with E-state index in [1.807, 2.05) is 0 Å². The molecule has 12 heavy (non-hydrogen) atoms. The van der Waals surface area contributed by atoms with Gasteiger partial charge in [0.25, 0.3) is 0 Å². The summed E-state index contributed by atoms with van der Waals surface area (Å²) < 4.78 is 0. The molecule has 0 aliphatic rings. The van der Waals surface area contributed by atoms with Gasteiger partial charge in [-0.3, -0.25) is 10.1 Å². The Morgan fingerprint density at radius 3 is 3.00 bits per heavy atom. The van der Waals surface area contributed by atoms with Crippen LogP contribution in [0.5, 0.6) is 0 Å². The van der Waals surface area contributed by atoms with E-state index in [0.717, 1.165) is 11.9 Å². The van der Waals surface area contributed by atoms with Crippen LogP contribution in [-0.2, 0) is 0 Å². The highest BCUT2D eigenvalue weighted by Crippen LogP contribution is 2.03. The second kappa shape index (κ2) is 3.56. The Morgan fingerprint density at radius 2 is 2.42 bits per heavy atom. The first kappa shape index (κ1) is 8.32. The van der Waals surface area contributed by atoms with Crippen LogP contribution >= 0.6 is 0 Å². The van der Waals surface area contributed by atoms with Gasteiger partial charge in [0.2, 0.25) is 6.20 Å². The number of hydrogen-bond donors (Lipinski definition) is 0. The monoisotopic (exact) mass is 165 g/mol. The summed E-state index contributed by atoms with van der Waals surface area (Å²) in [7, 11) is 0. The third kappa shape index (κ3) is 2.12. The SMILES string of the molecule is Cc1ncncc1/C=C/[N+](=O)[O-]. The van der Waals surface area contributed by atoms with Gasteiger partial charge in [-0.25, -0.2) is 9.97 Å². The number of rotatable bonds is 2. The van der Waals surface area contributed by atoms with Crippen LogP contribution in [0.1, 0.15) is 11.3 Å². The Kier molecular flexibility index (Phi) is 2.47. The molecule has 0 aromatic carbocycles. The largest absolute Gasteiger partial charge is 0.259 e. The molecule has 0 amide bonds. The zero-order valence-corrected chi connectivity index (χ0v) is 6.47. The molecule has 0 bridgehead atoms. The molecule has 1 rings (SSSR count). The van der Waals surface area contributed by atoms with Crippen molar-refractivity contribution in [2.75, 3.05) is 0 Å². The molecule has 0 aliphatic heterocycles. The highest BCUT2D eigenvalue weighted by molar-refractivity contribution is 5.48. The van der Waals surface area contributed by atoms with Gasteiger partial charge in [0.15, 0.2) is 0 Å². The number of hydrogen-bond acceptors (Lipinski definition) is 4. The highest BCUT2D eigenvalue weighted by Gasteiger charge is 1.95. The van der Waals surface area contributed by atoms with Crippen LogP contribution in [0.3, 0.4) is 0 Å². The fourth-order valence-corrected chi connectivity index (χ4v) is 0.706. The van der Waals surface area contributed by atoms with Crippen molar-refractivity contribution in [3.05, 3.63) is 40.1 Å². The van der Waals surface area contributed by atoms with Gasteiger partial charge >= 0.3 is 0 Å². The average molecular weight is 165 g/mol. The first-order valence-corrected chi connectivity index (χ1v) is 3.28. The third-order valence-corrected chi connectivity index (χ3v) is 1.33. The van der Waals surface area contributed by atoms with Crippen molar-refractivity contribution >= 4 is 6.08 Å². The molecule has 0 spiro atoms. The topological polar surface area (TPSA) is 68.9 Å². The third-order valence-electron chi connectivity index (χ3n) is 1.33. The average Bonchev–Trinajstić information content (AvgIpc) is 2.03. The maximum absolute atomic E-state index is 9.96. The van der Waals surface area contributed by atoms with E-state index < -0.39 is 4.92 Å². The van der Waals surface area contributed by atoms with Crippen molar-refractivity contribution in [1.29, 1.82) is 0 Å². The fraction of sp³-hybridized carbons (Fsp3) is 0.143. The molecule has 1 heterocycles. The van der Waals surface area contributed by atoms with Gasteiger partial charge in [0.05, 0.1) is 4.92 Å². The molecule has 0 saturated carbocycles. The molecule has 1 aromatic rings. The van der Waals surface area contributed by atoms with Crippen LogP contribution in [0, 0.1) is 17.0 Å². The van der Waals surface area contributed by atoms with Crippen molar-refractivity contribution in [2.45, 2.75) is 6.92 Å². The van der Waals surface area contributed by atoms with E-state index in [0.29, 0.717) is 5.56 Å². The molecule has 0 atom stereocenters. The minimum absolute atomic E-state index is 0.521. The van der Waals surface area contributed by atoms with E-state index in [2.05, 4.69) is 9.97 Å². The Hall–Kier alpha value is -1.78. The summed E-state index contributed by atoms with van der Waals surface area (Å²) in [5.41, 5.74) is 1.39. The van der Waals surface area contributed by atoms with Crippen molar-refractivity contribution in [1.82, 2.24) is 9.97 Å². The number of aromatic nitrogens is 2. The van der Waals surface area contributed by atoms with Crippen LogP contribution < -0.4 is 0 Å². The molecule has 0 fully saturated rings. The molecule has 0 aliphatic carbocycles. The number of nitrogens with zero attached hydrogens (tertiary/aromatic N) is 3. The molecule has 5 heteroatoms. The van der Waals surface area contributed by atoms with Gasteiger partial charge in [-0.05, 0) is 6.92 Å². The molecular weight excluding hydrogens is 158 g/mol.